The van der Waals surface area contributed by atoms with Gasteiger partial charge in [0, 0.05) is 22.7 Å². The van der Waals surface area contributed by atoms with Crippen LogP contribution in [-0.4, -0.2) is 13.2 Å². The van der Waals surface area contributed by atoms with Gasteiger partial charge >= 0.3 is 0 Å². The minimum absolute atomic E-state index is 0.418. The van der Waals surface area contributed by atoms with Crippen molar-refractivity contribution >= 4 is 11.6 Å². The number of halogens is 1. The normalized spacial score (nSPS) is 10.9. The number of benzene rings is 2. The number of ether oxygens (including phenoxy) is 2. The van der Waals surface area contributed by atoms with Crippen LogP contribution in [0, 0.1) is 5.92 Å². The largest absolute Gasteiger partial charge is 0.490 e. The summed E-state index contributed by atoms with van der Waals surface area (Å²) in [5, 5.41) is 4.17. The Hall–Kier alpha value is -1.71. The molecule has 0 aliphatic carbocycles. The summed E-state index contributed by atoms with van der Waals surface area (Å²) in [5.41, 5.74) is 2.06. The van der Waals surface area contributed by atoms with Crippen LogP contribution >= 0.6 is 11.6 Å². The van der Waals surface area contributed by atoms with Gasteiger partial charge < -0.3 is 14.8 Å². The van der Waals surface area contributed by atoms with Crippen molar-refractivity contribution in [3.63, 3.8) is 0 Å². The maximum absolute atomic E-state index is 6.23. The standard InChI is InChI=1S/C20H26ClNO2/c1-4-23-19-11-7-9-16(13-22-12-15(2)3)20(19)24-14-17-8-5-6-10-18(17)21/h5-11,15,22H,4,12-14H2,1-3H3. The first-order chi connectivity index (χ1) is 11.6. The van der Waals surface area contributed by atoms with E-state index in [-0.39, 0.29) is 0 Å². The van der Waals surface area contributed by atoms with E-state index in [0.29, 0.717) is 24.2 Å². The molecule has 2 aromatic rings. The van der Waals surface area contributed by atoms with Crippen molar-refractivity contribution in [2.24, 2.45) is 5.92 Å². The fourth-order valence-corrected chi connectivity index (χ4v) is 2.58. The minimum Gasteiger partial charge on any atom is -0.490 e. The summed E-state index contributed by atoms with van der Waals surface area (Å²) in [7, 11) is 0. The van der Waals surface area contributed by atoms with Crippen LogP contribution in [0.15, 0.2) is 42.5 Å². The lowest BCUT2D eigenvalue weighted by molar-refractivity contribution is 0.266. The van der Waals surface area contributed by atoms with Gasteiger partial charge in [0.1, 0.15) is 6.61 Å². The predicted molar refractivity (Wildman–Crippen MR) is 99.9 cm³/mol. The Bertz CT molecular complexity index is 643. The summed E-state index contributed by atoms with van der Waals surface area (Å²) in [6.45, 7) is 9.09. The van der Waals surface area contributed by atoms with E-state index in [0.717, 1.165) is 35.7 Å². The summed E-state index contributed by atoms with van der Waals surface area (Å²) in [6.07, 6.45) is 0. The maximum atomic E-state index is 6.23. The summed E-state index contributed by atoms with van der Waals surface area (Å²) in [6, 6.07) is 13.7. The zero-order chi connectivity index (χ0) is 17.4. The third-order valence-corrected chi connectivity index (χ3v) is 3.93. The molecule has 24 heavy (non-hydrogen) atoms. The van der Waals surface area contributed by atoms with E-state index in [9.17, 15) is 0 Å². The molecule has 2 rings (SSSR count). The molecule has 0 heterocycles. The lowest BCUT2D eigenvalue weighted by Crippen LogP contribution is -2.19. The Morgan fingerprint density at radius 1 is 1.00 bits per heavy atom. The fraction of sp³-hybridized carbons (Fsp3) is 0.400. The Morgan fingerprint density at radius 2 is 1.75 bits per heavy atom. The van der Waals surface area contributed by atoms with Gasteiger partial charge in [0.05, 0.1) is 6.61 Å². The summed E-state index contributed by atoms with van der Waals surface area (Å²) >= 11 is 6.23. The number of hydrogen-bond donors (Lipinski definition) is 1. The first-order valence-corrected chi connectivity index (χ1v) is 8.81. The van der Waals surface area contributed by atoms with Crippen LogP contribution in [0.3, 0.4) is 0 Å². The monoisotopic (exact) mass is 347 g/mol. The molecule has 0 fully saturated rings. The topological polar surface area (TPSA) is 30.5 Å². The molecule has 0 saturated carbocycles. The Labute approximate surface area is 149 Å². The minimum atomic E-state index is 0.418. The third-order valence-electron chi connectivity index (χ3n) is 3.56. The average Bonchev–Trinajstić information content (AvgIpc) is 2.55. The van der Waals surface area contributed by atoms with Gasteiger partial charge in [0.2, 0.25) is 0 Å². The Balaban J connectivity index is 2.16. The molecule has 4 heteroatoms. The van der Waals surface area contributed by atoms with E-state index in [2.05, 4.69) is 25.2 Å². The molecule has 0 radical (unpaired) electrons. The van der Waals surface area contributed by atoms with Gasteiger partial charge in [-0.2, -0.15) is 0 Å². The molecule has 0 atom stereocenters. The van der Waals surface area contributed by atoms with Crippen LogP contribution in [-0.2, 0) is 13.2 Å². The van der Waals surface area contributed by atoms with Crippen molar-refractivity contribution in [3.05, 3.63) is 58.6 Å². The van der Waals surface area contributed by atoms with Crippen LogP contribution in [0.25, 0.3) is 0 Å². The van der Waals surface area contributed by atoms with E-state index in [4.69, 9.17) is 21.1 Å². The lowest BCUT2D eigenvalue weighted by atomic mass is 10.1. The summed E-state index contributed by atoms with van der Waals surface area (Å²) < 4.78 is 11.8. The quantitative estimate of drug-likeness (QED) is 0.687. The molecular weight excluding hydrogens is 322 g/mol. The molecule has 0 aliphatic rings. The van der Waals surface area contributed by atoms with Crippen molar-refractivity contribution < 1.29 is 9.47 Å². The molecular formula is C20H26ClNO2. The summed E-state index contributed by atoms with van der Waals surface area (Å²) in [5.74, 6) is 2.16. The number of rotatable bonds is 9. The predicted octanol–water partition coefficient (Wildman–Crippen LogP) is 5.06. The highest BCUT2D eigenvalue weighted by Gasteiger charge is 2.12. The molecule has 2 aromatic carbocycles. The molecule has 0 unspecified atom stereocenters. The average molecular weight is 348 g/mol. The van der Waals surface area contributed by atoms with Gasteiger partial charge in [-0.05, 0) is 31.5 Å². The molecule has 0 aliphatic heterocycles. The first-order valence-electron chi connectivity index (χ1n) is 8.43. The number of para-hydroxylation sites is 1. The third kappa shape index (κ3) is 5.43. The highest BCUT2D eigenvalue weighted by molar-refractivity contribution is 6.31. The van der Waals surface area contributed by atoms with Crippen molar-refractivity contribution in [1.82, 2.24) is 5.32 Å². The van der Waals surface area contributed by atoms with Gasteiger partial charge in [-0.3, -0.25) is 0 Å². The van der Waals surface area contributed by atoms with Crippen molar-refractivity contribution in [1.29, 1.82) is 0 Å². The first kappa shape index (κ1) is 18.6. The fourth-order valence-electron chi connectivity index (χ4n) is 2.39. The molecule has 0 aromatic heterocycles. The van der Waals surface area contributed by atoms with Gasteiger partial charge in [0.15, 0.2) is 11.5 Å². The smallest absolute Gasteiger partial charge is 0.166 e. The highest BCUT2D eigenvalue weighted by Crippen LogP contribution is 2.32. The Kier molecular flexibility index (Phi) is 7.41. The van der Waals surface area contributed by atoms with Crippen molar-refractivity contribution in [2.45, 2.75) is 33.9 Å². The zero-order valence-electron chi connectivity index (χ0n) is 14.6. The second-order valence-electron chi connectivity index (χ2n) is 6.08. The van der Waals surface area contributed by atoms with E-state index in [1.165, 1.54) is 0 Å². The van der Waals surface area contributed by atoms with E-state index in [1.54, 1.807) is 0 Å². The molecule has 130 valence electrons. The van der Waals surface area contributed by atoms with Crippen molar-refractivity contribution in [3.8, 4) is 11.5 Å². The second-order valence-corrected chi connectivity index (χ2v) is 6.49. The SMILES string of the molecule is CCOc1cccc(CNCC(C)C)c1OCc1ccccc1Cl. The van der Waals surface area contributed by atoms with Crippen LogP contribution in [0.2, 0.25) is 5.02 Å². The molecule has 0 bridgehead atoms. The molecule has 0 amide bonds. The molecule has 0 saturated heterocycles. The van der Waals surface area contributed by atoms with Crippen LogP contribution in [0.1, 0.15) is 31.9 Å². The lowest BCUT2D eigenvalue weighted by Gasteiger charge is -2.17. The van der Waals surface area contributed by atoms with Gasteiger partial charge in [-0.15, -0.1) is 0 Å². The van der Waals surface area contributed by atoms with Gasteiger partial charge in [-0.25, -0.2) is 0 Å². The van der Waals surface area contributed by atoms with E-state index in [1.807, 2.05) is 43.3 Å². The highest BCUT2D eigenvalue weighted by atomic mass is 35.5. The van der Waals surface area contributed by atoms with Crippen LogP contribution in [0.5, 0.6) is 11.5 Å². The van der Waals surface area contributed by atoms with Crippen LogP contribution in [0.4, 0.5) is 0 Å². The Morgan fingerprint density at radius 3 is 2.46 bits per heavy atom. The molecule has 3 nitrogen and oxygen atoms in total. The summed E-state index contributed by atoms with van der Waals surface area (Å²) in [4.78, 5) is 0. The zero-order valence-corrected chi connectivity index (χ0v) is 15.4. The second kappa shape index (κ2) is 9.55. The molecule has 0 spiro atoms. The van der Waals surface area contributed by atoms with Crippen LogP contribution < -0.4 is 14.8 Å². The maximum Gasteiger partial charge on any atom is 0.166 e. The molecule has 1 N–H and O–H groups in total. The number of hydrogen-bond acceptors (Lipinski definition) is 3. The van der Waals surface area contributed by atoms with E-state index >= 15 is 0 Å². The van der Waals surface area contributed by atoms with Gasteiger partial charge in [0.25, 0.3) is 0 Å². The van der Waals surface area contributed by atoms with Gasteiger partial charge in [-0.1, -0.05) is 55.8 Å². The van der Waals surface area contributed by atoms with E-state index < -0.39 is 0 Å². The van der Waals surface area contributed by atoms with Crippen molar-refractivity contribution in [2.75, 3.05) is 13.2 Å². The number of nitrogens with one attached hydrogen (secondary N) is 1.